The number of halogens is 2. The molecule has 0 atom stereocenters. The van der Waals surface area contributed by atoms with E-state index in [0.717, 1.165) is 13.0 Å². The van der Waals surface area contributed by atoms with Gasteiger partial charge in [-0.25, -0.2) is 4.39 Å². The van der Waals surface area contributed by atoms with Gasteiger partial charge in [-0.05, 0) is 25.1 Å². The molecule has 96 valence electrons. The van der Waals surface area contributed by atoms with Crippen LogP contribution in [0.1, 0.15) is 23.7 Å². The summed E-state index contributed by atoms with van der Waals surface area (Å²) in [7, 11) is 0. The number of carbonyl (C=O) groups is 1. The zero-order valence-electron chi connectivity index (χ0n) is 9.83. The fourth-order valence-electron chi connectivity index (χ4n) is 1.31. The first-order valence-electron chi connectivity index (χ1n) is 5.49. The maximum atomic E-state index is 13.2. The van der Waals surface area contributed by atoms with Gasteiger partial charge in [0.05, 0.1) is 5.56 Å². The van der Waals surface area contributed by atoms with Gasteiger partial charge in [0.25, 0.3) is 5.91 Å². The van der Waals surface area contributed by atoms with Crippen molar-refractivity contribution in [2.75, 3.05) is 19.6 Å². The Balaban J connectivity index is 0.00000256. The van der Waals surface area contributed by atoms with E-state index < -0.39 is 5.82 Å². The predicted molar refractivity (Wildman–Crippen MR) is 69.1 cm³/mol. The van der Waals surface area contributed by atoms with E-state index in [0.29, 0.717) is 13.1 Å². The van der Waals surface area contributed by atoms with Crippen LogP contribution in [-0.4, -0.2) is 25.5 Å². The molecule has 0 spiro atoms. The standard InChI is InChI=1S/C12H17FN2O.ClH/c1-2-7-14-8-9-15-12(16)10-5-3-4-6-11(10)13;/h3-6,14H,2,7-9H2,1H3,(H,15,16);1H. The molecule has 0 saturated carbocycles. The van der Waals surface area contributed by atoms with Crippen LogP contribution in [0.3, 0.4) is 0 Å². The highest BCUT2D eigenvalue weighted by Gasteiger charge is 2.08. The molecule has 1 aromatic rings. The van der Waals surface area contributed by atoms with Crippen molar-refractivity contribution in [1.29, 1.82) is 0 Å². The van der Waals surface area contributed by atoms with E-state index in [1.165, 1.54) is 12.1 Å². The van der Waals surface area contributed by atoms with Crippen molar-refractivity contribution in [2.45, 2.75) is 13.3 Å². The smallest absolute Gasteiger partial charge is 0.254 e. The van der Waals surface area contributed by atoms with E-state index in [1.807, 2.05) is 0 Å². The summed E-state index contributed by atoms with van der Waals surface area (Å²) in [4.78, 5) is 11.5. The van der Waals surface area contributed by atoms with Crippen LogP contribution >= 0.6 is 12.4 Å². The minimum atomic E-state index is -0.485. The van der Waals surface area contributed by atoms with Crippen LogP contribution in [0.4, 0.5) is 4.39 Å². The van der Waals surface area contributed by atoms with Crippen LogP contribution in [0.15, 0.2) is 24.3 Å². The van der Waals surface area contributed by atoms with E-state index >= 15 is 0 Å². The van der Waals surface area contributed by atoms with Gasteiger partial charge in [0.1, 0.15) is 5.82 Å². The number of hydrogen-bond acceptors (Lipinski definition) is 2. The Morgan fingerprint density at radius 3 is 2.59 bits per heavy atom. The lowest BCUT2D eigenvalue weighted by Gasteiger charge is -2.06. The monoisotopic (exact) mass is 260 g/mol. The first-order chi connectivity index (χ1) is 7.75. The molecule has 1 rings (SSSR count). The van der Waals surface area contributed by atoms with E-state index in [9.17, 15) is 9.18 Å². The maximum absolute atomic E-state index is 13.2. The molecule has 2 N–H and O–H groups in total. The molecular formula is C12H18ClFN2O. The van der Waals surface area contributed by atoms with Crippen molar-refractivity contribution in [3.05, 3.63) is 35.6 Å². The second-order valence-electron chi connectivity index (χ2n) is 3.49. The highest BCUT2D eigenvalue weighted by atomic mass is 35.5. The summed E-state index contributed by atoms with van der Waals surface area (Å²) >= 11 is 0. The molecule has 3 nitrogen and oxygen atoms in total. The van der Waals surface area contributed by atoms with Crippen LogP contribution in [0, 0.1) is 5.82 Å². The lowest BCUT2D eigenvalue weighted by molar-refractivity contribution is 0.0950. The Morgan fingerprint density at radius 1 is 1.24 bits per heavy atom. The number of nitrogens with one attached hydrogen (secondary N) is 2. The Kier molecular flexibility index (Phi) is 8.36. The van der Waals surface area contributed by atoms with Crippen molar-refractivity contribution in [1.82, 2.24) is 10.6 Å². The highest BCUT2D eigenvalue weighted by Crippen LogP contribution is 2.05. The Bertz CT molecular complexity index is 347. The summed E-state index contributed by atoms with van der Waals surface area (Å²) in [5.74, 6) is -0.849. The molecule has 1 amide bonds. The predicted octanol–water partition coefficient (Wildman–Crippen LogP) is 1.98. The first kappa shape index (κ1) is 15.9. The van der Waals surface area contributed by atoms with E-state index in [1.54, 1.807) is 12.1 Å². The summed E-state index contributed by atoms with van der Waals surface area (Å²) in [5.41, 5.74) is 0.0954. The van der Waals surface area contributed by atoms with Crippen LogP contribution in [0.25, 0.3) is 0 Å². The van der Waals surface area contributed by atoms with E-state index in [-0.39, 0.29) is 23.9 Å². The fourth-order valence-corrected chi connectivity index (χ4v) is 1.31. The lowest BCUT2D eigenvalue weighted by Crippen LogP contribution is -2.32. The third kappa shape index (κ3) is 5.65. The van der Waals surface area contributed by atoms with Gasteiger partial charge in [0.15, 0.2) is 0 Å². The lowest BCUT2D eigenvalue weighted by atomic mass is 10.2. The summed E-state index contributed by atoms with van der Waals surface area (Å²) in [6.07, 6.45) is 1.06. The third-order valence-electron chi connectivity index (χ3n) is 2.13. The molecule has 0 bridgehead atoms. The van der Waals surface area contributed by atoms with Crippen molar-refractivity contribution in [2.24, 2.45) is 0 Å². The Labute approximate surface area is 107 Å². The van der Waals surface area contributed by atoms with Gasteiger partial charge in [-0.15, -0.1) is 12.4 Å². The molecule has 5 heteroatoms. The third-order valence-corrected chi connectivity index (χ3v) is 2.13. The second-order valence-corrected chi connectivity index (χ2v) is 3.49. The zero-order chi connectivity index (χ0) is 11.8. The van der Waals surface area contributed by atoms with Crippen molar-refractivity contribution in [3.63, 3.8) is 0 Å². The van der Waals surface area contributed by atoms with Crippen LogP contribution in [-0.2, 0) is 0 Å². The van der Waals surface area contributed by atoms with E-state index in [2.05, 4.69) is 17.6 Å². The fraction of sp³-hybridized carbons (Fsp3) is 0.417. The van der Waals surface area contributed by atoms with Crippen molar-refractivity contribution < 1.29 is 9.18 Å². The van der Waals surface area contributed by atoms with Crippen LogP contribution < -0.4 is 10.6 Å². The topological polar surface area (TPSA) is 41.1 Å². The van der Waals surface area contributed by atoms with Gasteiger partial charge in [-0.1, -0.05) is 19.1 Å². The summed E-state index contributed by atoms with van der Waals surface area (Å²) in [5, 5.41) is 5.81. The highest BCUT2D eigenvalue weighted by molar-refractivity contribution is 5.94. The maximum Gasteiger partial charge on any atom is 0.254 e. The largest absolute Gasteiger partial charge is 0.351 e. The number of hydrogen-bond donors (Lipinski definition) is 2. The molecule has 0 saturated heterocycles. The SMILES string of the molecule is CCCNCCNC(=O)c1ccccc1F.Cl. The Hall–Kier alpha value is -1.13. The molecular weight excluding hydrogens is 243 g/mol. The normalized spacial score (nSPS) is 9.53. The molecule has 0 unspecified atom stereocenters. The molecule has 0 aromatic heterocycles. The van der Waals surface area contributed by atoms with Gasteiger partial charge < -0.3 is 10.6 Å². The first-order valence-corrected chi connectivity index (χ1v) is 5.49. The number of rotatable bonds is 6. The second kappa shape index (κ2) is 8.96. The number of amides is 1. The minimum Gasteiger partial charge on any atom is -0.351 e. The molecule has 0 aliphatic carbocycles. The molecule has 0 aliphatic heterocycles. The molecule has 0 aliphatic rings. The van der Waals surface area contributed by atoms with Gasteiger partial charge in [-0.2, -0.15) is 0 Å². The molecule has 1 aromatic carbocycles. The van der Waals surface area contributed by atoms with E-state index in [4.69, 9.17) is 0 Å². The van der Waals surface area contributed by atoms with Crippen LogP contribution in [0.5, 0.6) is 0 Å². The average Bonchev–Trinajstić information content (AvgIpc) is 2.29. The van der Waals surface area contributed by atoms with Gasteiger partial charge in [0.2, 0.25) is 0 Å². The molecule has 0 heterocycles. The van der Waals surface area contributed by atoms with Gasteiger partial charge in [0, 0.05) is 13.1 Å². The number of carbonyl (C=O) groups excluding carboxylic acids is 1. The average molecular weight is 261 g/mol. The summed E-state index contributed by atoms with van der Waals surface area (Å²) < 4.78 is 13.2. The van der Waals surface area contributed by atoms with Gasteiger partial charge in [-0.3, -0.25) is 4.79 Å². The summed E-state index contributed by atoms with van der Waals surface area (Å²) in [6, 6.07) is 5.97. The zero-order valence-corrected chi connectivity index (χ0v) is 10.6. The molecule has 0 fully saturated rings. The van der Waals surface area contributed by atoms with Crippen molar-refractivity contribution in [3.8, 4) is 0 Å². The number of benzene rings is 1. The van der Waals surface area contributed by atoms with Crippen LogP contribution in [0.2, 0.25) is 0 Å². The molecule has 17 heavy (non-hydrogen) atoms. The minimum absolute atomic E-state index is 0. The van der Waals surface area contributed by atoms with Gasteiger partial charge >= 0.3 is 0 Å². The van der Waals surface area contributed by atoms with Crippen molar-refractivity contribution >= 4 is 18.3 Å². The Morgan fingerprint density at radius 2 is 1.94 bits per heavy atom. The molecule has 0 radical (unpaired) electrons. The summed E-state index contributed by atoms with van der Waals surface area (Å²) in [6.45, 7) is 4.21. The quantitative estimate of drug-likeness (QED) is 0.768.